The van der Waals surface area contributed by atoms with Gasteiger partial charge in [-0.15, -0.1) is 0 Å². The molecule has 2 atom stereocenters. The minimum absolute atomic E-state index is 0.0412. The van der Waals surface area contributed by atoms with E-state index in [2.05, 4.69) is 20.3 Å². The van der Waals surface area contributed by atoms with Crippen molar-refractivity contribution in [2.45, 2.75) is 61.9 Å². The molecule has 1 aromatic carbocycles. The highest BCUT2D eigenvalue weighted by molar-refractivity contribution is 7.93. The lowest BCUT2D eigenvalue weighted by molar-refractivity contribution is -0.139. The standard InChI is InChI=1S/C19H17Cl2NO4.C14H17N5O7S2.C5H12NO4P/c1-2-26-19(25)16(21)10-11-9-12(7-8-15(11)20)22-17(23)13-5-3-4-6-14(13)18(22)24;1-4-27(21,22)9-6-5-7-15-12(9)28(23,24)19-14(20)18-13-16-10(25-2)8-11(17-13)26-3;1-11(9,10)3-2-4(6)5(7)8/h7-10H,2-6H2,1H3;5-8H,4H2,1-3H3,(H2,16,17,18,19,20);4H,2-3,6H2,1H3,(H,7,8)(H,9,10)/b16-10-;;. The number of amides is 4. The summed E-state index contributed by atoms with van der Waals surface area (Å²) in [5, 5.41) is 9.79. The number of pyridine rings is 1. The van der Waals surface area contributed by atoms with Crippen molar-refractivity contribution in [2.75, 3.05) is 49.6 Å². The van der Waals surface area contributed by atoms with Crippen molar-refractivity contribution < 1.29 is 69.6 Å². The molecule has 4 amide bonds. The number of carboxylic acids is 1. The van der Waals surface area contributed by atoms with Crippen LogP contribution in [-0.2, 0) is 48.3 Å². The molecule has 65 heavy (non-hydrogen) atoms. The molecule has 27 heteroatoms. The first-order valence-electron chi connectivity index (χ1n) is 19.1. The Morgan fingerprint density at radius 3 is 2.09 bits per heavy atom. The van der Waals surface area contributed by atoms with Crippen molar-refractivity contribution >= 4 is 97.9 Å². The van der Waals surface area contributed by atoms with Gasteiger partial charge in [-0.3, -0.25) is 24.3 Å². The fraction of sp³-hybridized carbons (Fsp3) is 0.368. The van der Waals surface area contributed by atoms with E-state index in [0.717, 1.165) is 25.1 Å². The van der Waals surface area contributed by atoms with E-state index in [1.807, 2.05) is 0 Å². The molecule has 0 bridgehead atoms. The first kappa shape index (κ1) is 53.8. The number of nitrogens with zero attached hydrogens (tertiary/aromatic N) is 4. The van der Waals surface area contributed by atoms with Crippen molar-refractivity contribution in [3.8, 4) is 11.8 Å². The molecule has 5 rings (SSSR count). The Hall–Kier alpha value is -5.49. The average Bonchev–Trinajstić information content (AvgIpc) is 3.51. The van der Waals surface area contributed by atoms with Gasteiger partial charge < -0.3 is 29.9 Å². The number of rotatable bonds is 15. The number of aromatic nitrogens is 3. The van der Waals surface area contributed by atoms with Gasteiger partial charge in [-0.2, -0.15) is 18.4 Å². The second kappa shape index (κ2) is 23.6. The maximum Gasteiger partial charge on any atom is 0.349 e. The molecule has 1 aliphatic carbocycles. The maximum absolute atomic E-state index is 12.7. The Kier molecular flexibility index (Phi) is 19.6. The van der Waals surface area contributed by atoms with Gasteiger partial charge in [-0.05, 0) is 81.0 Å². The van der Waals surface area contributed by atoms with E-state index >= 15 is 0 Å². The lowest BCUT2D eigenvalue weighted by atomic mass is 9.93. The van der Waals surface area contributed by atoms with Crippen LogP contribution < -0.4 is 30.1 Å². The molecular weight excluding hydrogens is 960 g/mol. The Labute approximate surface area is 384 Å². The van der Waals surface area contributed by atoms with Crippen LogP contribution in [0.1, 0.15) is 51.5 Å². The Bertz CT molecular complexity index is 2590. The van der Waals surface area contributed by atoms with Gasteiger partial charge in [0.05, 0.1) is 38.3 Å². The molecule has 0 saturated carbocycles. The summed E-state index contributed by atoms with van der Waals surface area (Å²) in [6.07, 6.45) is 5.54. The number of nitrogens with two attached hydrogens (primary N) is 1. The highest BCUT2D eigenvalue weighted by Gasteiger charge is 2.40. The van der Waals surface area contributed by atoms with E-state index in [1.54, 1.807) is 29.8 Å². The number of aliphatic carboxylic acids is 1. The molecule has 3 aromatic rings. The molecular formula is C38H46Cl2N7O15PS2. The van der Waals surface area contributed by atoms with Crippen molar-refractivity contribution in [2.24, 2.45) is 5.73 Å². The van der Waals surface area contributed by atoms with Gasteiger partial charge in [-0.1, -0.05) is 30.1 Å². The summed E-state index contributed by atoms with van der Waals surface area (Å²) in [5.41, 5.74) is 7.14. The third-order valence-electron chi connectivity index (χ3n) is 8.81. The number of imide groups is 1. The number of sulfonamides is 1. The van der Waals surface area contributed by atoms with E-state index in [1.165, 1.54) is 50.9 Å². The van der Waals surface area contributed by atoms with Crippen molar-refractivity contribution in [1.82, 2.24) is 19.7 Å². The number of sulfone groups is 1. The second-order valence-electron chi connectivity index (χ2n) is 13.6. The number of esters is 1. The monoisotopic (exact) mass is 1010 g/mol. The number of urea groups is 1. The minimum Gasteiger partial charge on any atom is -0.481 e. The molecule has 354 valence electrons. The largest absolute Gasteiger partial charge is 0.481 e. The van der Waals surface area contributed by atoms with Gasteiger partial charge in [0.1, 0.15) is 16.0 Å². The number of anilines is 2. The third-order valence-corrected chi connectivity index (χ3v) is 13.7. The Morgan fingerprint density at radius 2 is 1.58 bits per heavy atom. The zero-order chi connectivity index (χ0) is 48.9. The average molecular weight is 1010 g/mol. The van der Waals surface area contributed by atoms with Crippen LogP contribution in [0.25, 0.3) is 6.08 Å². The Balaban J connectivity index is 0.000000283. The highest BCUT2D eigenvalue weighted by atomic mass is 35.5. The lowest BCUT2D eigenvalue weighted by Crippen LogP contribution is -2.36. The molecule has 0 saturated heterocycles. The van der Waals surface area contributed by atoms with E-state index in [0.29, 0.717) is 40.3 Å². The van der Waals surface area contributed by atoms with Gasteiger partial charge in [-0.25, -0.2) is 32.6 Å². The molecule has 6 N–H and O–H groups in total. The van der Waals surface area contributed by atoms with Crippen LogP contribution >= 0.6 is 30.6 Å². The number of methoxy groups -OCH3 is 2. The van der Waals surface area contributed by atoms with E-state index in [4.69, 9.17) is 53.1 Å². The smallest absolute Gasteiger partial charge is 0.349 e. The zero-order valence-corrected chi connectivity index (χ0v) is 39.5. The summed E-state index contributed by atoms with van der Waals surface area (Å²) in [5.74, 6) is -2.88. The summed E-state index contributed by atoms with van der Waals surface area (Å²) < 4.78 is 76.1. The molecule has 0 spiro atoms. The fourth-order valence-corrected chi connectivity index (χ4v) is 9.24. The summed E-state index contributed by atoms with van der Waals surface area (Å²) in [6.45, 7) is 4.41. The zero-order valence-electron chi connectivity index (χ0n) is 35.4. The number of carbonyl (C=O) groups excluding carboxylic acids is 4. The number of carboxylic acid groups (broad SMARTS) is 1. The first-order valence-corrected chi connectivity index (χ1v) is 25.3. The van der Waals surface area contributed by atoms with Gasteiger partial charge in [0.25, 0.3) is 21.8 Å². The van der Waals surface area contributed by atoms with E-state index in [-0.39, 0.29) is 59.5 Å². The summed E-state index contributed by atoms with van der Waals surface area (Å²) in [7, 11) is -8.95. The number of hydrogen-bond donors (Lipinski definition) is 5. The number of halogens is 2. The normalized spacial score (nSPS) is 15.2. The highest BCUT2D eigenvalue weighted by Crippen LogP contribution is 2.37. The van der Waals surface area contributed by atoms with Crippen LogP contribution in [0, 0.1) is 0 Å². The van der Waals surface area contributed by atoms with Gasteiger partial charge in [0.15, 0.2) is 22.2 Å². The molecule has 22 nitrogen and oxygen atoms in total. The van der Waals surface area contributed by atoms with Crippen molar-refractivity contribution in [3.05, 3.63) is 69.4 Å². The second-order valence-corrected chi connectivity index (χ2v) is 20.8. The van der Waals surface area contributed by atoms with Crippen LogP contribution in [0.4, 0.5) is 16.4 Å². The van der Waals surface area contributed by atoms with Crippen LogP contribution in [-0.4, -0.2) is 117 Å². The van der Waals surface area contributed by atoms with Crippen molar-refractivity contribution in [1.29, 1.82) is 0 Å². The molecule has 2 aliphatic rings. The quantitative estimate of drug-likeness (QED) is 0.0619. The number of carbonyl (C=O) groups is 5. The van der Waals surface area contributed by atoms with E-state index in [9.17, 15) is 45.4 Å². The van der Waals surface area contributed by atoms with Gasteiger partial charge in [0, 0.05) is 35.2 Å². The summed E-state index contributed by atoms with van der Waals surface area (Å²) in [4.78, 5) is 79.9. The molecule has 2 unspecified atom stereocenters. The van der Waals surface area contributed by atoms with Crippen LogP contribution in [0.5, 0.6) is 11.8 Å². The Morgan fingerprint density at radius 1 is 1.00 bits per heavy atom. The predicted octanol–water partition coefficient (Wildman–Crippen LogP) is 4.11. The third kappa shape index (κ3) is 15.3. The fourth-order valence-electron chi connectivity index (χ4n) is 5.59. The summed E-state index contributed by atoms with van der Waals surface area (Å²) in [6, 6.07) is 6.18. The minimum atomic E-state index is -4.61. The van der Waals surface area contributed by atoms with Gasteiger partial charge in [0.2, 0.25) is 17.7 Å². The van der Waals surface area contributed by atoms with Crippen LogP contribution in [0.15, 0.2) is 68.7 Å². The van der Waals surface area contributed by atoms with Crippen LogP contribution in [0.3, 0.4) is 0 Å². The molecule has 0 radical (unpaired) electrons. The van der Waals surface area contributed by atoms with Crippen LogP contribution in [0.2, 0.25) is 5.02 Å². The SMILES string of the molecule is CCOC(=O)/C(Cl)=C/c1cc(N2C(=O)C3=C(CCCC3)C2=O)ccc1Cl.CCS(=O)(=O)c1cccnc1S(=O)(=O)NC(=O)Nc1nc(OC)cc(OC)n1.CP(=O)(O)CCC(N)C(=O)O. The number of benzene rings is 1. The lowest BCUT2D eigenvalue weighted by Gasteiger charge is -2.16. The topological polar surface area (TPSA) is 331 Å². The molecule has 1 aliphatic heterocycles. The predicted molar refractivity (Wildman–Crippen MR) is 237 cm³/mol. The van der Waals surface area contributed by atoms with Gasteiger partial charge >= 0.3 is 18.0 Å². The number of ether oxygens (including phenoxy) is 3. The molecule has 2 aromatic heterocycles. The summed E-state index contributed by atoms with van der Waals surface area (Å²) >= 11 is 12.1. The van der Waals surface area contributed by atoms with E-state index < -0.39 is 61.2 Å². The molecule has 3 heterocycles. The molecule has 0 fully saturated rings. The van der Waals surface area contributed by atoms with Crippen molar-refractivity contribution in [3.63, 3.8) is 0 Å². The number of nitrogens with one attached hydrogen (secondary N) is 2. The maximum atomic E-state index is 12.7. The first-order chi connectivity index (χ1) is 30.4. The number of hydrogen-bond acceptors (Lipinski definition) is 17.